The first-order chi connectivity index (χ1) is 14.6. The number of amides is 1. The van der Waals surface area contributed by atoms with Crippen LogP contribution in [0.15, 0.2) is 48.5 Å². The zero-order valence-corrected chi connectivity index (χ0v) is 17.6. The Bertz CT molecular complexity index is 1000. The minimum absolute atomic E-state index is 0.200. The number of hydrogen-bond acceptors (Lipinski definition) is 4. The Morgan fingerprint density at radius 1 is 1.13 bits per heavy atom. The van der Waals surface area contributed by atoms with Gasteiger partial charge < -0.3 is 10.1 Å². The van der Waals surface area contributed by atoms with Crippen molar-refractivity contribution in [3.8, 4) is 22.8 Å². The van der Waals surface area contributed by atoms with Gasteiger partial charge in [0.2, 0.25) is 5.82 Å². The molecule has 3 aromatic rings. The van der Waals surface area contributed by atoms with E-state index in [1.807, 2.05) is 56.3 Å². The minimum atomic E-state index is -0.208. The normalized spacial score (nSPS) is 14.5. The van der Waals surface area contributed by atoms with Crippen molar-refractivity contribution < 1.29 is 9.53 Å². The lowest BCUT2D eigenvalue weighted by Gasteiger charge is -2.21. The summed E-state index contributed by atoms with van der Waals surface area (Å²) in [5.41, 5.74) is 2.88. The molecule has 0 radical (unpaired) electrons. The van der Waals surface area contributed by atoms with E-state index in [-0.39, 0.29) is 17.8 Å². The highest BCUT2D eigenvalue weighted by Crippen LogP contribution is 2.24. The molecule has 6 nitrogen and oxygen atoms in total. The molecule has 0 atom stereocenters. The van der Waals surface area contributed by atoms with E-state index in [1.54, 1.807) is 4.68 Å². The molecule has 1 saturated carbocycles. The van der Waals surface area contributed by atoms with Crippen LogP contribution in [0, 0.1) is 6.92 Å². The molecule has 2 aromatic carbocycles. The maximum Gasteiger partial charge on any atom is 0.291 e. The van der Waals surface area contributed by atoms with E-state index in [2.05, 4.69) is 21.5 Å². The molecule has 1 amide bonds. The summed E-state index contributed by atoms with van der Waals surface area (Å²) in [6, 6.07) is 16.0. The fourth-order valence-corrected chi connectivity index (χ4v) is 3.91. The quantitative estimate of drug-likeness (QED) is 0.646. The van der Waals surface area contributed by atoms with Gasteiger partial charge in [0, 0.05) is 11.6 Å². The fraction of sp³-hybridized carbons (Fsp3) is 0.375. The molecule has 0 bridgehead atoms. The smallest absolute Gasteiger partial charge is 0.291 e. The molecule has 30 heavy (non-hydrogen) atoms. The predicted octanol–water partition coefficient (Wildman–Crippen LogP) is 4.70. The highest BCUT2D eigenvalue weighted by atomic mass is 16.5. The van der Waals surface area contributed by atoms with Gasteiger partial charge in [0.05, 0.1) is 12.3 Å². The van der Waals surface area contributed by atoms with Crippen LogP contribution in [0.2, 0.25) is 0 Å². The number of carbonyl (C=O) groups excluding carboxylic acids is 1. The molecule has 1 heterocycles. The summed E-state index contributed by atoms with van der Waals surface area (Å²) in [5, 5.41) is 7.70. The van der Waals surface area contributed by atoms with Gasteiger partial charge in [-0.15, -0.1) is 5.10 Å². The number of aryl methyl sites for hydroxylation is 1. The molecule has 1 N–H and O–H groups in total. The molecule has 156 valence electrons. The molecule has 1 aliphatic carbocycles. The summed E-state index contributed by atoms with van der Waals surface area (Å²) < 4.78 is 7.28. The van der Waals surface area contributed by atoms with Crippen LogP contribution in [0.1, 0.15) is 55.2 Å². The maximum absolute atomic E-state index is 12.9. The van der Waals surface area contributed by atoms with Crippen molar-refractivity contribution in [2.75, 3.05) is 6.61 Å². The topological polar surface area (TPSA) is 69.0 Å². The van der Waals surface area contributed by atoms with Crippen molar-refractivity contribution in [2.45, 2.75) is 52.0 Å². The van der Waals surface area contributed by atoms with Crippen molar-refractivity contribution in [3.63, 3.8) is 0 Å². The predicted molar refractivity (Wildman–Crippen MR) is 117 cm³/mol. The molecular weight excluding hydrogens is 376 g/mol. The molecule has 0 aliphatic heterocycles. The number of carbonyl (C=O) groups is 1. The van der Waals surface area contributed by atoms with E-state index in [0.717, 1.165) is 48.2 Å². The summed E-state index contributed by atoms with van der Waals surface area (Å²) in [7, 11) is 0. The number of hydrogen-bond donors (Lipinski definition) is 1. The third-order valence-corrected chi connectivity index (χ3v) is 5.42. The summed E-state index contributed by atoms with van der Waals surface area (Å²) in [5.74, 6) is 1.44. The Morgan fingerprint density at radius 2 is 1.90 bits per heavy atom. The van der Waals surface area contributed by atoms with Gasteiger partial charge in [0.15, 0.2) is 5.82 Å². The molecule has 1 fully saturated rings. The molecule has 0 saturated heterocycles. The fourth-order valence-electron chi connectivity index (χ4n) is 3.91. The zero-order valence-electron chi connectivity index (χ0n) is 17.6. The second-order valence-electron chi connectivity index (χ2n) is 7.78. The lowest BCUT2D eigenvalue weighted by molar-refractivity contribution is 0.0917. The number of aromatic nitrogens is 3. The highest BCUT2D eigenvalue weighted by Gasteiger charge is 2.22. The Morgan fingerprint density at radius 3 is 2.60 bits per heavy atom. The van der Waals surface area contributed by atoms with Gasteiger partial charge >= 0.3 is 0 Å². The molecule has 6 heteroatoms. The summed E-state index contributed by atoms with van der Waals surface area (Å²) in [6.45, 7) is 4.61. The van der Waals surface area contributed by atoms with Crippen LogP contribution in [0.4, 0.5) is 0 Å². The van der Waals surface area contributed by atoms with Crippen molar-refractivity contribution in [3.05, 3.63) is 59.9 Å². The van der Waals surface area contributed by atoms with E-state index in [9.17, 15) is 4.79 Å². The van der Waals surface area contributed by atoms with Crippen LogP contribution in [0.25, 0.3) is 17.1 Å². The lowest BCUT2D eigenvalue weighted by atomic mass is 9.95. The van der Waals surface area contributed by atoms with Crippen LogP contribution in [-0.4, -0.2) is 33.3 Å². The molecule has 0 unspecified atom stereocenters. The largest absolute Gasteiger partial charge is 0.494 e. The van der Waals surface area contributed by atoms with Crippen LogP contribution in [0.5, 0.6) is 5.75 Å². The van der Waals surface area contributed by atoms with E-state index < -0.39 is 0 Å². The lowest BCUT2D eigenvalue weighted by Crippen LogP contribution is -2.36. The first-order valence-electron chi connectivity index (χ1n) is 10.7. The third kappa shape index (κ3) is 4.53. The number of rotatable bonds is 6. The Balaban J connectivity index is 1.68. The van der Waals surface area contributed by atoms with Gasteiger partial charge in [-0.3, -0.25) is 4.79 Å². The van der Waals surface area contributed by atoms with Gasteiger partial charge in [0.1, 0.15) is 5.75 Å². The highest BCUT2D eigenvalue weighted by molar-refractivity contribution is 5.91. The molecular formula is C24H28N4O2. The van der Waals surface area contributed by atoms with E-state index in [1.165, 1.54) is 6.42 Å². The molecule has 1 aliphatic rings. The van der Waals surface area contributed by atoms with E-state index in [0.29, 0.717) is 12.4 Å². The van der Waals surface area contributed by atoms with Crippen molar-refractivity contribution >= 4 is 5.91 Å². The molecule has 0 spiro atoms. The van der Waals surface area contributed by atoms with Crippen molar-refractivity contribution in [1.82, 2.24) is 20.1 Å². The second-order valence-corrected chi connectivity index (χ2v) is 7.78. The average molecular weight is 405 g/mol. The summed E-state index contributed by atoms with van der Waals surface area (Å²) >= 11 is 0. The standard InChI is InChI=1S/C24H28N4O2/c1-3-30-21-14-12-20(13-15-21)28-23(18-9-7-8-17(2)16-18)26-22(27-28)24(29)25-19-10-5-4-6-11-19/h7-9,12-16,19H,3-6,10-11H2,1-2H3,(H,25,29). The van der Waals surface area contributed by atoms with Crippen LogP contribution in [-0.2, 0) is 0 Å². The summed E-state index contributed by atoms with van der Waals surface area (Å²) in [4.78, 5) is 17.5. The van der Waals surface area contributed by atoms with Crippen LogP contribution in [0.3, 0.4) is 0 Å². The van der Waals surface area contributed by atoms with Gasteiger partial charge in [-0.1, -0.05) is 43.0 Å². The van der Waals surface area contributed by atoms with Crippen LogP contribution < -0.4 is 10.1 Å². The first-order valence-corrected chi connectivity index (χ1v) is 10.7. The zero-order chi connectivity index (χ0) is 20.9. The Kier molecular flexibility index (Phi) is 6.12. The van der Waals surface area contributed by atoms with Crippen molar-refractivity contribution in [1.29, 1.82) is 0 Å². The average Bonchev–Trinajstić information content (AvgIpc) is 3.21. The number of benzene rings is 2. The van der Waals surface area contributed by atoms with Gasteiger partial charge in [0.25, 0.3) is 5.91 Å². The van der Waals surface area contributed by atoms with Crippen molar-refractivity contribution in [2.24, 2.45) is 0 Å². The summed E-state index contributed by atoms with van der Waals surface area (Å²) in [6.07, 6.45) is 5.61. The van der Waals surface area contributed by atoms with Crippen LogP contribution >= 0.6 is 0 Å². The van der Waals surface area contributed by atoms with Gasteiger partial charge in [-0.05, 0) is 57.0 Å². The third-order valence-electron chi connectivity index (χ3n) is 5.42. The molecule has 1 aromatic heterocycles. The first kappa shape index (κ1) is 20.1. The number of nitrogens with zero attached hydrogens (tertiary/aromatic N) is 3. The minimum Gasteiger partial charge on any atom is -0.494 e. The maximum atomic E-state index is 12.9. The number of nitrogens with one attached hydrogen (secondary N) is 1. The second kappa shape index (κ2) is 9.11. The Labute approximate surface area is 177 Å². The van der Waals surface area contributed by atoms with E-state index in [4.69, 9.17) is 4.74 Å². The van der Waals surface area contributed by atoms with E-state index >= 15 is 0 Å². The number of ether oxygens (including phenoxy) is 1. The monoisotopic (exact) mass is 404 g/mol. The molecule has 4 rings (SSSR count). The SMILES string of the molecule is CCOc1ccc(-n2nc(C(=O)NC3CCCCC3)nc2-c2cccc(C)c2)cc1. The van der Waals surface area contributed by atoms with Gasteiger partial charge in [-0.25, -0.2) is 9.67 Å². The van der Waals surface area contributed by atoms with Gasteiger partial charge in [-0.2, -0.15) is 0 Å². The Hall–Kier alpha value is -3.15.